The molecule has 0 aromatic rings. The highest BCUT2D eigenvalue weighted by Gasteiger charge is 2.36. The fourth-order valence-corrected chi connectivity index (χ4v) is 2.99. The van der Waals surface area contributed by atoms with Crippen LogP contribution in [0.3, 0.4) is 0 Å². The molecule has 19 heavy (non-hydrogen) atoms. The van der Waals surface area contributed by atoms with Crippen molar-refractivity contribution in [2.24, 2.45) is 5.92 Å². The Morgan fingerprint density at radius 1 is 1.21 bits per heavy atom. The fraction of sp³-hybridized carbons (Fsp3) is 1.00. The van der Waals surface area contributed by atoms with Crippen molar-refractivity contribution < 1.29 is 9.47 Å². The van der Waals surface area contributed by atoms with E-state index in [0.717, 1.165) is 31.6 Å². The summed E-state index contributed by atoms with van der Waals surface area (Å²) in [5, 5.41) is 3.74. The molecule has 0 spiro atoms. The van der Waals surface area contributed by atoms with Gasteiger partial charge in [0.25, 0.3) is 0 Å². The van der Waals surface area contributed by atoms with Gasteiger partial charge in [-0.15, -0.1) is 0 Å². The largest absolute Gasteiger partial charge is 0.382 e. The predicted molar refractivity (Wildman–Crippen MR) is 77.5 cm³/mol. The summed E-state index contributed by atoms with van der Waals surface area (Å²) in [4.78, 5) is 2.68. The minimum Gasteiger partial charge on any atom is -0.382 e. The number of ether oxygens (including phenoxy) is 2. The molecular formula is C15H30N2O2. The Morgan fingerprint density at radius 3 is 2.74 bits per heavy atom. The van der Waals surface area contributed by atoms with Crippen LogP contribution in [0.15, 0.2) is 0 Å². The highest BCUT2D eigenvalue weighted by Crippen LogP contribution is 2.34. The molecule has 2 unspecified atom stereocenters. The van der Waals surface area contributed by atoms with Crippen LogP contribution in [0.5, 0.6) is 0 Å². The summed E-state index contributed by atoms with van der Waals surface area (Å²) >= 11 is 0. The van der Waals surface area contributed by atoms with Gasteiger partial charge in [0, 0.05) is 45.4 Å². The summed E-state index contributed by atoms with van der Waals surface area (Å²) in [5.74, 6) is 0.957. The number of hydrogen-bond acceptors (Lipinski definition) is 4. The van der Waals surface area contributed by atoms with E-state index >= 15 is 0 Å². The second kappa shape index (κ2) is 8.20. The standard InChI is InChI=1S/C15H30N2O2/c1-3-14-11-16-15(13-5-6-13)12-17(14)7-4-8-19-10-9-18-2/h13-16H,3-12H2,1-2H3. The summed E-state index contributed by atoms with van der Waals surface area (Å²) < 4.78 is 10.5. The normalized spacial score (nSPS) is 28.7. The smallest absolute Gasteiger partial charge is 0.0700 e. The molecule has 2 atom stereocenters. The Morgan fingerprint density at radius 2 is 2.05 bits per heavy atom. The molecule has 2 fully saturated rings. The van der Waals surface area contributed by atoms with Crippen LogP contribution in [-0.2, 0) is 9.47 Å². The third-order valence-electron chi connectivity index (χ3n) is 4.39. The van der Waals surface area contributed by atoms with Crippen molar-refractivity contribution in [1.82, 2.24) is 10.2 Å². The van der Waals surface area contributed by atoms with Gasteiger partial charge in [0.1, 0.15) is 0 Å². The maximum absolute atomic E-state index is 5.55. The third kappa shape index (κ3) is 5.03. The summed E-state index contributed by atoms with van der Waals surface area (Å²) in [6.45, 7) is 8.17. The zero-order chi connectivity index (χ0) is 13.5. The number of nitrogens with one attached hydrogen (secondary N) is 1. The first-order valence-electron chi connectivity index (χ1n) is 7.89. The molecule has 4 heteroatoms. The first-order chi connectivity index (χ1) is 9.35. The van der Waals surface area contributed by atoms with Gasteiger partial charge in [-0.1, -0.05) is 6.92 Å². The molecule has 2 aliphatic rings. The zero-order valence-corrected chi connectivity index (χ0v) is 12.6. The number of piperazine rings is 1. The van der Waals surface area contributed by atoms with Crippen molar-refractivity contribution in [3.8, 4) is 0 Å². The molecule has 1 saturated heterocycles. The van der Waals surface area contributed by atoms with Gasteiger partial charge in [-0.25, -0.2) is 0 Å². The van der Waals surface area contributed by atoms with Gasteiger partial charge in [-0.2, -0.15) is 0 Å². The van der Waals surface area contributed by atoms with E-state index in [0.29, 0.717) is 12.6 Å². The Kier molecular flexibility index (Phi) is 6.57. The van der Waals surface area contributed by atoms with Crippen LogP contribution in [0.2, 0.25) is 0 Å². The Labute approximate surface area is 117 Å². The van der Waals surface area contributed by atoms with Crippen molar-refractivity contribution in [3.63, 3.8) is 0 Å². The lowest BCUT2D eigenvalue weighted by Gasteiger charge is -2.40. The highest BCUT2D eigenvalue weighted by molar-refractivity contribution is 4.94. The van der Waals surface area contributed by atoms with Crippen LogP contribution < -0.4 is 5.32 Å². The molecule has 1 aliphatic heterocycles. The maximum Gasteiger partial charge on any atom is 0.0700 e. The van der Waals surface area contributed by atoms with Crippen LogP contribution in [0.25, 0.3) is 0 Å². The van der Waals surface area contributed by atoms with Crippen molar-refractivity contribution in [2.75, 3.05) is 46.6 Å². The van der Waals surface area contributed by atoms with Crippen molar-refractivity contribution in [1.29, 1.82) is 0 Å². The summed E-state index contributed by atoms with van der Waals surface area (Å²) in [6.07, 6.45) is 5.25. The van der Waals surface area contributed by atoms with Gasteiger partial charge in [0.05, 0.1) is 13.2 Å². The van der Waals surface area contributed by atoms with Gasteiger partial charge in [-0.05, 0) is 31.6 Å². The van der Waals surface area contributed by atoms with Crippen LogP contribution in [-0.4, -0.2) is 63.5 Å². The minimum atomic E-state index is 0.703. The third-order valence-corrected chi connectivity index (χ3v) is 4.39. The SMILES string of the molecule is CCC1CNC(C2CC2)CN1CCCOCCOC. The predicted octanol–water partition coefficient (Wildman–Crippen LogP) is 1.50. The molecule has 1 saturated carbocycles. The summed E-state index contributed by atoms with van der Waals surface area (Å²) in [7, 11) is 1.72. The topological polar surface area (TPSA) is 33.7 Å². The maximum atomic E-state index is 5.55. The quantitative estimate of drug-likeness (QED) is 0.644. The second-order valence-electron chi connectivity index (χ2n) is 5.87. The lowest BCUT2D eigenvalue weighted by atomic mass is 10.0. The molecule has 1 N–H and O–H groups in total. The monoisotopic (exact) mass is 270 g/mol. The van der Waals surface area contributed by atoms with E-state index in [1.54, 1.807) is 7.11 Å². The average Bonchev–Trinajstić information content (AvgIpc) is 3.27. The molecule has 112 valence electrons. The molecule has 0 amide bonds. The first kappa shape index (κ1) is 15.2. The van der Waals surface area contributed by atoms with E-state index in [1.165, 1.54) is 38.9 Å². The van der Waals surface area contributed by atoms with Crippen molar-refractivity contribution in [2.45, 2.75) is 44.7 Å². The van der Waals surface area contributed by atoms with Gasteiger partial charge in [0.2, 0.25) is 0 Å². The van der Waals surface area contributed by atoms with Crippen LogP contribution >= 0.6 is 0 Å². The average molecular weight is 270 g/mol. The summed E-state index contributed by atoms with van der Waals surface area (Å²) in [5.41, 5.74) is 0. The van der Waals surface area contributed by atoms with Crippen molar-refractivity contribution >= 4 is 0 Å². The van der Waals surface area contributed by atoms with Crippen molar-refractivity contribution in [3.05, 3.63) is 0 Å². The molecule has 0 bridgehead atoms. The zero-order valence-electron chi connectivity index (χ0n) is 12.6. The van der Waals surface area contributed by atoms with E-state index in [2.05, 4.69) is 17.1 Å². The molecule has 0 radical (unpaired) electrons. The molecule has 0 aromatic carbocycles. The lowest BCUT2D eigenvalue weighted by molar-refractivity contribution is 0.0564. The number of rotatable bonds is 9. The summed E-state index contributed by atoms with van der Waals surface area (Å²) in [6, 6.07) is 1.46. The van der Waals surface area contributed by atoms with Gasteiger partial charge in [-0.3, -0.25) is 4.90 Å². The fourth-order valence-electron chi connectivity index (χ4n) is 2.99. The van der Waals surface area contributed by atoms with Crippen LogP contribution in [0.4, 0.5) is 0 Å². The number of nitrogens with zero attached hydrogens (tertiary/aromatic N) is 1. The first-order valence-corrected chi connectivity index (χ1v) is 7.89. The van der Waals surface area contributed by atoms with E-state index in [1.807, 2.05) is 0 Å². The molecular weight excluding hydrogens is 240 g/mol. The molecule has 0 aromatic heterocycles. The Hall–Kier alpha value is -0.160. The van der Waals surface area contributed by atoms with Crippen LogP contribution in [0, 0.1) is 5.92 Å². The van der Waals surface area contributed by atoms with E-state index in [4.69, 9.17) is 9.47 Å². The van der Waals surface area contributed by atoms with Crippen LogP contribution in [0.1, 0.15) is 32.6 Å². The Balaban J connectivity index is 1.63. The molecule has 2 rings (SSSR count). The van der Waals surface area contributed by atoms with Gasteiger partial charge < -0.3 is 14.8 Å². The lowest BCUT2D eigenvalue weighted by Crippen LogP contribution is -2.57. The number of methoxy groups -OCH3 is 1. The highest BCUT2D eigenvalue weighted by atomic mass is 16.5. The molecule has 4 nitrogen and oxygen atoms in total. The molecule has 1 aliphatic carbocycles. The molecule has 1 heterocycles. The number of hydrogen-bond donors (Lipinski definition) is 1. The van der Waals surface area contributed by atoms with Gasteiger partial charge >= 0.3 is 0 Å². The van der Waals surface area contributed by atoms with E-state index in [9.17, 15) is 0 Å². The second-order valence-corrected chi connectivity index (χ2v) is 5.87. The van der Waals surface area contributed by atoms with E-state index < -0.39 is 0 Å². The Bertz CT molecular complexity index is 246. The van der Waals surface area contributed by atoms with E-state index in [-0.39, 0.29) is 0 Å². The van der Waals surface area contributed by atoms with Gasteiger partial charge in [0.15, 0.2) is 0 Å². The minimum absolute atomic E-state index is 0.703.